The number of nitrogens with zero attached hydrogens (tertiary/aromatic N) is 1. The van der Waals surface area contributed by atoms with Gasteiger partial charge in [-0.1, -0.05) is 48.0 Å². The summed E-state index contributed by atoms with van der Waals surface area (Å²) in [6.07, 6.45) is -0.0835. The van der Waals surface area contributed by atoms with E-state index in [-0.39, 0.29) is 18.2 Å². The van der Waals surface area contributed by atoms with Gasteiger partial charge in [0.1, 0.15) is 11.9 Å². The Morgan fingerprint density at radius 3 is 2.52 bits per heavy atom. The maximum Gasteiger partial charge on any atom is 0.242 e. The van der Waals surface area contributed by atoms with E-state index < -0.39 is 11.9 Å². The zero-order valence-corrected chi connectivity index (χ0v) is 14.8. The molecule has 0 aliphatic heterocycles. The number of amides is 2. The first-order chi connectivity index (χ1) is 11.9. The zero-order valence-electron chi connectivity index (χ0n) is 14.8. The predicted octanol–water partition coefficient (Wildman–Crippen LogP) is 2.84. The highest BCUT2D eigenvalue weighted by Crippen LogP contribution is 2.15. The van der Waals surface area contributed by atoms with Gasteiger partial charge in [0.15, 0.2) is 0 Å². The molecule has 0 saturated heterocycles. The van der Waals surface area contributed by atoms with E-state index in [2.05, 4.69) is 5.32 Å². The molecule has 0 saturated carbocycles. The summed E-state index contributed by atoms with van der Waals surface area (Å²) in [4.78, 5) is 26.3. The predicted molar refractivity (Wildman–Crippen MR) is 95.4 cm³/mol. The largest absolute Gasteiger partial charge is 0.357 e. The molecule has 2 aromatic carbocycles. The molecule has 2 amide bonds. The molecule has 0 fully saturated rings. The summed E-state index contributed by atoms with van der Waals surface area (Å²) in [5.41, 5.74) is 2.33. The van der Waals surface area contributed by atoms with Crippen molar-refractivity contribution in [2.75, 3.05) is 7.05 Å². The minimum absolute atomic E-state index is 0.0835. The maximum absolute atomic E-state index is 13.9. The van der Waals surface area contributed by atoms with Gasteiger partial charge >= 0.3 is 0 Å². The molecular formula is C20H23FN2O2. The van der Waals surface area contributed by atoms with Gasteiger partial charge in [-0.05, 0) is 31.0 Å². The lowest BCUT2D eigenvalue weighted by Gasteiger charge is -2.28. The van der Waals surface area contributed by atoms with Crippen LogP contribution in [0.4, 0.5) is 4.39 Å². The fourth-order valence-electron chi connectivity index (χ4n) is 2.70. The van der Waals surface area contributed by atoms with Crippen LogP contribution in [0.2, 0.25) is 0 Å². The normalized spacial score (nSPS) is 11.7. The number of hydrogen-bond acceptors (Lipinski definition) is 2. The minimum atomic E-state index is -0.648. The summed E-state index contributed by atoms with van der Waals surface area (Å²) in [5.74, 6) is -0.962. The summed E-state index contributed by atoms with van der Waals surface area (Å²) in [5, 5.41) is 2.57. The van der Waals surface area contributed by atoms with E-state index in [4.69, 9.17) is 0 Å². The topological polar surface area (TPSA) is 49.4 Å². The van der Waals surface area contributed by atoms with Gasteiger partial charge in [0.2, 0.25) is 11.8 Å². The Bertz CT molecular complexity index is 761. The SMILES string of the molecule is CNC(=O)[C@H](C)N(Cc1cccc(C)c1)C(=O)Cc1ccccc1F. The lowest BCUT2D eigenvalue weighted by molar-refractivity contribution is -0.139. The molecule has 4 nitrogen and oxygen atoms in total. The molecular weight excluding hydrogens is 319 g/mol. The van der Waals surface area contributed by atoms with Crippen molar-refractivity contribution in [2.24, 2.45) is 0 Å². The standard InChI is InChI=1S/C20H23FN2O2/c1-14-7-6-8-16(11-14)13-23(15(2)20(25)22-3)19(24)12-17-9-4-5-10-18(17)21/h4-11,15H,12-13H2,1-3H3,(H,22,25)/t15-/m0/s1. The van der Waals surface area contributed by atoms with E-state index in [9.17, 15) is 14.0 Å². The molecule has 0 radical (unpaired) electrons. The van der Waals surface area contributed by atoms with Crippen molar-refractivity contribution < 1.29 is 14.0 Å². The molecule has 2 rings (SSSR count). The van der Waals surface area contributed by atoms with Crippen molar-refractivity contribution in [3.63, 3.8) is 0 Å². The second-order valence-corrected chi connectivity index (χ2v) is 6.07. The Balaban J connectivity index is 2.25. The van der Waals surface area contributed by atoms with Crippen LogP contribution in [-0.2, 0) is 22.6 Å². The van der Waals surface area contributed by atoms with E-state index in [1.807, 2.05) is 31.2 Å². The summed E-state index contributed by atoms with van der Waals surface area (Å²) in [6.45, 7) is 3.94. The molecule has 0 aliphatic rings. The molecule has 2 aromatic rings. The quantitative estimate of drug-likeness (QED) is 0.878. The summed E-state index contributed by atoms with van der Waals surface area (Å²) < 4.78 is 13.9. The third-order valence-electron chi connectivity index (χ3n) is 4.15. The number of carbonyl (C=O) groups is 2. The van der Waals surface area contributed by atoms with Crippen molar-refractivity contribution in [1.29, 1.82) is 0 Å². The lowest BCUT2D eigenvalue weighted by atomic mass is 10.1. The van der Waals surface area contributed by atoms with Gasteiger partial charge in [0, 0.05) is 13.6 Å². The zero-order chi connectivity index (χ0) is 18.4. The molecule has 132 valence electrons. The van der Waals surface area contributed by atoms with Gasteiger partial charge in [-0.15, -0.1) is 0 Å². The van der Waals surface area contributed by atoms with E-state index in [1.165, 1.54) is 18.0 Å². The second-order valence-electron chi connectivity index (χ2n) is 6.07. The van der Waals surface area contributed by atoms with Gasteiger partial charge in [0.25, 0.3) is 0 Å². The molecule has 5 heteroatoms. The van der Waals surface area contributed by atoms with Crippen molar-refractivity contribution >= 4 is 11.8 Å². The van der Waals surface area contributed by atoms with Gasteiger partial charge in [-0.2, -0.15) is 0 Å². The smallest absolute Gasteiger partial charge is 0.242 e. The fraction of sp³-hybridized carbons (Fsp3) is 0.300. The number of aryl methyl sites for hydroxylation is 1. The van der Waals surface area contributed by atoms with Crippen molar-refractivity contribution in [2.45, 2.75) is 32.9 Å². The van der Waals surface area contributed by atoms with Gasteiger partial charge in [-0.25, -0.2) is 4.39 Å². The van der Waals surface area contributed by atoms with E-state index in [1.54, 1.807) is 25.1 Å². The molecule has 25 heavy (non-hydrogen) atoms. The second kappa shape index (κ2) is 8.42. The van der Waals surface area contributed by atoms with Gasteiger partial charge in [-0.3, -0.25) is 9.59 Å². The third kappa shape index (κ3) is 4.89. The summed E-state index contributed by atoms with van der Waals surface area (Å²) >= 11 is 0. The highest BCUT2D eigenvalue weighted by atomic mass is 19.1. The van der Waals surface area contributed by atoms with Crippen molar-refractivity contribution in [1.82, 2.24) is 10.2 Å². The van der Waals surface area contributed by atoms with Crippen LogP contribution in [-0.4, -0.2) is 29.8 Å². The first kappa shape index (κ1) is 18.6. The Morgan fingerprint density at radius 1 is 1.16 bits per heavy atom. The summed E-state index contributed by atoms with van der Waals surface area (Å²) in [7, 11) is 1.53. The van der Waals surface area contributed by atoms with Crippen LogP contribution in [0.15, 0.2) is 48.5 Å². The van der Waals surface area contributed by atoms with Crippen molar-refractivity contribution in [3.8, 4) is 0 Å². The molecule has 1 atom stereocenters. The molecule has 0 bridgehead atoms. The number of halogens is 1. The number of hydrogen-bond donors (Lipinski definition) is 1. The van der Waals surface area contributed by atoms with Crippen molar-refractivity contribution in [3.05, 3.63) is 71.0 Å². The average molecular weight is 342 g/mol. The van der Waals surface area contributed by atoms with Crippen LogP contribution in [0.5, 0.6) is 0 Å². The molecule has 1 N–H and O–H groups in total. The monoisotopic (exact) mass is 342 g/mol. The van der Waals surface area contributed by atoms with E-state index in [0.29, 0.717) is 12.1 Å². The van der Waals surface area contributed by atoms with Gasteiger partial charge < -0.3 is 10.2 Å². The van der Waals surface area contributed by atoms with Crippen LogP contribution >= 0.6 is 0 Å². The van der Waals surface area contributed by atoms with Crippen LogP contribution in [0, 0.1) is 12.7 Å². The highest BCUT2D eigenvalue weighted by molar-refractivity contribution is 5.88. The number of benzene rings is 2. The van der Waals surface area contributed by atoms with Crippen LogP contribution in [0.1, 0.15) is 23.6 Å². The first-order valence-corrected chi connectivity index (χ1v) is 8.22. The Kier molecular flexibility index (Phi) is 6.28. The van der Waals surface area contributed by atoms with E-state index >= 15 is 0 Å². The Labute approximate surface area is 147 Å². The first-order valence-electron chi connectivity index (χ1n) is 8.22. The molecule has 0 unspecified atom stereocenters. The highest BCUT2D eigenvalue weighted by Gasteiger charge is 2.26. The maximum atomic E-state index is 13.9. The van der Waals surface area contributed by atoms with Gasteiger partial charge in [0.05, 0.1) is 6.42 Å². The van der Waals surface area contributed by atoms with Crippen LogP contribution in [0.3, 0.4) is 0 Å². The van der Waals surface area contributed by atoms with E-state index in [0.717, 1.165) is 11.1 Å². The number of carbonyl (C=O) groups excluding carboxylic acids is 2. The fourth-order valence-corrected chi connectivity index (χ4v) is 2.70. The Hall–Kier alpha value is -2.69. The average Bonchev–Trinajstić information content (AvgIpc) is 2.60. The van der Waals surface area contributed by atoms with Crippen LogP contribution in [0.25, 0.3) is 0 Å². The number of likely N-dealkylation sites (N-methyl/N-ethyl adjacent to an activating group) is 1. The van der Waals surface area contributed by atoms with Crippen LogP contribution < -0.4 is 5.32 Å². The minimum Gasteiger partial charge on any atom is -0.357 e. The molecule has 0 aliphatic carbocycles. The summed E-state index contributed by atoms with van der Waals surface area (Å²) in [6, 6.07) is 13.3. The third-order valence-corrected chi connectivity index (χ3v) is 4.15. The molecule has 0 aromatic heterocycles. The molecule has 0 spiro atoms. The molecule has 0 heterocycles. The number of nitrogens with one attached hydrogen (secondary N) is 1. The lowest BCUT2D eigenvalue weighted by Crippen LogP contribution is -2.47. The Morgan fingerprint density at radius 2 is 1.88 bits per heavy atom. The number of rotatable bonds is 6.